The fourth-order valence-corrected chi connectivity index (χ4v) is 2.42. The van der Waals surface area contributed by atoms with Gasteiger partial charge in [0.2, 0.25) is 0 Å². The highest BCUT2D eigenvalue weighted by molar-refractivity contribution is 6.30. The third kappa shape index (κ3) is 5.21. The van der Waals surface area contributed by atoms with Gasteiger partial charge in [0.1, 0.15) is 13.3 Å². The van der Waals surface area contributed by atoms with Crippen molar-refractivity contribution in [2.45, 2.75) is 13.5 Å². The molecule has 0 aromatic heterocycles. The Balaban J connectivity index is 2.13. The molecule has 0 saturated carbocycles. The van der Waals surface area contributed by atoms with Gasteiger partial charge in [-0.25, -0.2) is 4.79 Å². The Bertz CT molecular complexity index is 762. The molecule has 2 rings (SSSR count). The maximum absolute atomic E-state index is 12.0. The first-order valence-electron chi connectivity index (χ1n) is 7.91. The predicted molar refractivity (Wildman–Crippen MR) is 102 cm³/mol. The molecule has 0 aliphatic heterocycles. The minimum absolute atomic E-state index is 0.0662. The summed E-state index contributed by atoms with van der Waals surface area (Å²) in [5, 5.41) is 4.80. The molecule has 0 aliphatic rings. The number of carbonyl (C=O) groups is 1. The Hall–Kier alpha value is -2.57. The molecule has 6 nitrogen and oxygen atoms in total. The molecule has 0 spiro atoms. The normalized spacial score (nSPS) is 11.2. The number of para-hydroxylation sites is 1. The lowest BCUT2D eigenvalue weighted by Crippen LogP contribution is -2.33. The van der Waals surface area contributed by atoms with Gasteiger partial charge >= 0.3 is 6.09 Å². The van der Waals surface area contributed by atoms with Crippen molar-refractivity contribution in [3.8, 4) is 0 Å². The Morgan fingerprint density at radius 2 is 1.81 bits per heavy atom. The van der Waals surface area contributed by atoms with Gasteiger partial charge in [-0.1, -0.05) is 47.1 Å². The average Bonchev–Trinajstić information content (AvgIpc) is 2.66. The van der Waals surface area contributed by atoms with E-state index in [-0.39, 0.29) is 13.3 Å². The molecule has 0 saturated heterocycles. The Kier molecular flexibility index (Phi) is 7.44. The van der Waals surface area contributed by atoms with Gasteiger partial charge in [0.15, 0.2) is 0 Å². The van der Waals surface area contributed by atoms with Crippen LogP contribution in [0.25, 0.3) is 0 Å². The first-order valence-corrected chi connectivity index (χ1v) is 8.29. The number of methoxy groups -OCH3 is 2. The molecule has 0 atom stereocenters. The lowest BCUT2D eigenvalue weighted by Gasteiger charge is -2.22. The molecule has 0 fully saturated rings. The van der Waals surface area contributed by atoms with E-state index < -0.39 is 6.09 Å². The van der Waals surface area contributed by atoms with E-state index in [1.165, 1.54) is 19.1 Å². The SMILES string of the molecule is COCN(C(=O)OC)c1ccccc1CON=C(C)c1ccc(Cl)cc1. The fourth-order valence-electron chi connectivity index (χ4n) is 2.30. The minimum Gasteiger partial charge on any atom is -0.452 e. The summed E-state index contributed by atoms with van der Waals surface area (Å²) in [5.41, 5.74) is 3.06. The third-order valence-corrected chi connectivity index (χ3v) is 3.87. The number of benzene rings is 2. The minimum atomic E-state index is -0.514. The Labute approximate surface area is 157 Å². The van der Waals surface area contributed by atoms with Gasteiger partial charge in [-0.05, 0) is 30.7 Å². The Morgan fingerprint density at radius 3 is 2.46 bits per heavy atom. The molecule has 138 valence electrons. The second-order valence-corrected chi connectivity index (χ2v) is 5.84. The van der Waals surface area contributed by atoms with Crippen LogP contribution in [0.5, 0.6) is 0 Å². The van der Waals surface area contributed by atoms with Crippen LogP contribution >= 0.6 is 11.6 Å². The summed E-state index contributed by atoms with van der Waals surface area (Å²) < 4.78 is 9.90. The number of nitrogens with zero attached hydrogens (tertiary/aromatic N) is 2. The molecule has 0 N–H and O–H groups in total. The highest BCUT2D eigenvalue weighted by atomic mass is 35.5. The van der Waals surface area contributed by atoms with Crippen LogP contribution in [0.3, 0.4) is 0 Å². The second kappa shape index (κ2) is 9.79. The number of carbonyl (C=O) groups excluding carboxylic acids is 1. The first-order chi connectivity index (χ1) is 12.6. The van der Waals surface area contributed by atoms with Crippen LogP contribution in [0.4, 0.5) is 10.5 Å². The van der Waals surface area contributed by atoms with E-state index in [0.717, 1.165) is 16.8 Å². The molecule has 2 aromatic rings. The summed E-state index contributed by atoms with van der Waals surface area (Å²) >= 11 is 5.89. The quantitative estimate of drug-likeness (QED) is 0.406. The van der Waals surface area contributed by atoms with Crippen molar-refractivity contribution in [3.63, 3.8) is 0 Å². The van der Waals surface area contributed by atoms with E-state index in [1.54, 1.807) is 18.2 Å². The van der Waals surface area contributed by atoms with Crippen LogP contribution < -0.4 is 4.90 Å². The van der Waals surface area contributed by atoms with Crippen LogP contribution in [0.2, 0.25) is 5.02 Å². The number of ether oxygens (including phenoxy) is 2. The van der Waals surface area contributed by atoms with E-state index in [0.29, 0.717) is 10.7 Å². The lowest BCUT2D eigenvalue weighted by molar-refractivity contribution is 0.129. The topological polar surface area (TPSA) is 60.4 Å². The Morgan fingerprint density at radius 1 is 1.12 bits per heavy atom. The van der Waals surface area contributed by atoms with Crippen molar-refractivity contribution in [3.05, 3.63) is 64.7 Å². The molecule has 26 heavy (non-hydrogen) atoms. The number of hydrogen-bond acceptors (Lipinski definition) is 5. The molecule has 0 aliphatic carbocycles. The van der Waals surface area contributed by atoms with Crippen LogP contribution in [-0.4, -0.2) is 32.8 Å². The van der Waals surface area contributed by atoms with Gasteiger partial charge < -0.3 is 14.3 Å². The van der Waals surface area contributed by atoms with E-state index in [1.807, 2.05) is 37.3 Å². The van der Waals surface area contributed by atoms with Crippen LogP contribution in [-0.2, 0) is 20.9 Å². The number of amides is 1. The predicted octanol–water partition coefficient (Wildman–Crippen LogP) is 4.46. The maximum atomic E-state index is 12.0. The van der Waals surface area contributed by atoms with E-state index in [4.69, 9.17) is 25.9 Å². The molecule has 2 aromatic carbocycles. The second-order valence-electron chi connectivity index (χ2n) is 5.40. The summed E-state index contributed by atoms with van der Waals surface area (Å²) in [7, 11) is 2.83. The fraction of sp³-hybridized carbons (Fsp3) is 0.263. The van der Waals surface area contributed by atoms with Gasteiger partial charge in [-0.2, -0.15) is 0 Å². The van der Waals surface area contributed by atoms with Crippen molar-refractivity contribution in [1.82, 2.24) is 0 Å². The molecular formula is C19H21ClN2O4. The van der Waals surface area contributed by atoms with Gasteiger partial charge in [0.25, 0.3) is 0 Å². The number of anilines is 1. The summed E-state index contributed by atoms with van der Waals surface area (Å²) in [5.74, 6) is 0. The number of halogens is 1. The molecule has 7 heteroatoms. The molecule has 0 heterocycles. The average molecular weight is 377 g/mol. The van der Waals surface area contributed by atoms with Crippen molar-refractivity contribution in [2.75, 3.05) is 25.9 Å². The largest absolute Gasteiger partial charge is 0.452 e. The summed E-state index contributed by atoms with van der Waals surface area (Å²) in [6.07, 6.45) is -0.514. The molecule has 0 unspecified atom stereocenters. The van der Waals surface area contributed by atoms with Crippen molar-refractivity contribution in [1.29, 1.82) is 0 Å². The van der Waals surface area contributed by atoms with E-state index in [9.17, 15) is 4.79 Å². The third-order valence-electron chi connectivity index (χ3n) is 3.62. The van der Waals surface area contributed by atoms with Gasteiger partial charge in [-0.15, -0.1) is 0 Å². The highest BCUT2D eigenvalue weighted by Gasteiger charge is 2.19. The van der Waals surface area contributed by atoms with Crippen molar-refractivity contribution >= 4 is 29.1 Å². The zero-order chi connectivity index (χ0) is 18.9. The summed E-state index contributed by atoms with van der Waals surface area (Å²) in [6.45, 7) is 2.11. The van der Waals surface area contributed by atoms with Crippen molar-refractivity contribution < 1.29 is 19.1 Å². The maximum Gasteiger partial charge on any atom is 0.415 e. The smallest absolute Gasteiger partial charge is 0.415 e. The zero-order valence-corrected chi connectivity index (χ0v) is 15.7. The van der Waals surface area contributed by atoms with Crippen LogP contribution in [0.15, 0.2) is 53.7 Å². The summed E-state index contributed by atoms with van der Waals surface area (Å²) in [6, 6.07) is 14.7. The van der Waals surface area contributed by atoms with E-state index in [2.05, 4.69) is 5.16 Å². The number of oxime groups is 1. The molecule has 0 radical (unpaired) electrons. The summed E-state index contributed by atoms with van der Waals surface area (Å²) in [4.78, 5) is 18.9. The monoisotopic (exact) mass is 376 g/mol. The molecular weight excluding hydrogens is 356 g/mol. The zero-order valence-electron chi connectivity index (χ0n) is 14.9. The van der Waals surface area contributed by atoms with Gasteiger partial charge in [-0.3, -0.25) is 4.90 Å². The van der Waals surface area contributed by atoms with Crippen LogP contribution in [0.1, 0.15) is 18.1 Å². The van der Waals surface area contributed by atoms with Gasteiger partial charge in [0.05, 0.1) is 18.5 Å². The van der Waals surface area contributed by atoms with E-state index >= 15 is 0 Å². The standard InChI is InChI=1S/C19H21ClN2O4/c1-14(15-8-10-17(20)11-9-15)21-26-12-16-6-4-5-7-18(16)22(13-24-2)19(23)25-3/h4-11H,12-13H2,1-3H3. The van der Waals surface area contributed by atoms with Gasteiger partial charge in [0, 0.05) is 17.7 Å². The lowest BCUT2D eigenvalue weighted by atomic mass is 10.1. The molecule has 1 amide bonds. The highest BCUT2D eigenvalue weighted by Crippen LogP contribution is 2.22. The number of rotatable bonds is 7. The van der Waals surface area contributed by atoms with Crippen molar-refractivity contribution in [2.24, 2.45) is 5.16 Å². The van der Waals surface area contributed by atoms with Crippen LogP contribution in [0, 0.1) is 0 Å². The number of hydrogen-bond donors (Lipinski definition) is 0. The molecule has 0 bridgehead atoms. The first kappa shape index (κ1) is 19.8.